The molecule has 0 spiro atoms. The van der Waals surface area contributed by atoms with Gasteiger partial charge in [0.15, 0.2) is 0 Å². The van der Waals surface area contributed by atoms with Crippen LogP contribution >= 0.6 is 11.5 Å². The molecule has 2 rings (SSSR count). The summed E-state index contributed by atoms with van der Waals surface area (Å²) in [6, 6.07) is 4.50. The number of aryl methyl sites for hydroxylation is 2. The fourth-order valence-electron chi connectivity index (χ4n) is 2.14. The molecule has 0 N–H and O–H groups in total. The molecule has 0 aliphatic heterocycles. The largest absolute Gasteiger partial charge is 0.196 e. The summed E-state index contributed by atoms with van der Waals surface area (Å²) < 4.78 is 5.95. The molecular formula is C14H19NS. The Hall–Kier alpha value is -0.890. The van der Waals surface area contributed by atoms with Gasteiger partial charge in [0.05, 0.1) is 10.4 Å². The van der Waals surface area contributed by atoms with Crippen molar-refractivity contribution in [3.63, 3.8) is 0 Å². The van der Waals surface area contributed by atoms with Gasteiger partial charge >= 0.3 is 0 Å². The van der Waals surface area contributed by atoms with Gasteiger partial charge in [-0.1, -0.05) is 26.8 Å². The maximum atomic E-state index is 4.62. The van der Waals surface area contributed by atoms with Crippen molar-refractivity contribution in [2.45, 2.75) is 41.0 Å². The molecule has 16 heavy (non-hydrogen) atoms. The third kappa shape index (κ3) is 2.27. The van der Waals surface area contributed by atoms with Crippen LogP contribution in [0, 0.1) is 19.3 Å². The summed E-state index contributed by atoms with van der Waals surface area (Å²) in [7, 11) is 0. The number of benzene rings is 1. The average molecular weight is 233 g/mol. The van der Waals surface area contributed by atoms with Crippen LogP contribution in [0.2, 0.25) is 0 Å². The Kier molecular flexibility index (Phi) is 2.79. The molecule has 1 aromatic carbocycles. The lowest BCUT2D eigenvalue weighted by Gasteiger charge is -2.16. The Bertz CT molecular complexity index is 517. The smallest absolute Gasteiger partial charge is 0.0628 e. The summed E-state index contributed by atoms with van der Waals surface area (Å²) in [5, 5.41) is 1.38. The maximum absolute atomic E-state index is 4.62. The Balaban J connectivity index is 2.56. The highest BCUT2D eigenvalue weighted by molar-refractivity contribution is 7.13. The van der Waals surface area contributed by atoms with E-state index < -0.39 is 0 Å². The van der Waals surface area contributed by atoms with E-state index in [0.29, 0.717) is 5.41 Å². The quantitative estimate of drug-likeness (QED) is 0.706. The van der Waals surface area contributed by atoms with E-state index >= 15 is 0 Å². The lowest BCUT2D eigenvalue weighted by atomic mass is 9.89. The first kappa shape index (κ1) is 11.6. The number of fused-ring (bicyclic) bond motifs is 1. The second-order valence-electron chi connectivity index (χ2n) is 5.82. The van der Waals surface area contributed by atoms with Crippen molar-refractivity contribution >= 4 is 21.6 Å². The third-order valence-electron chi connectivity index (χ3n) is 2.68. The summed E-state index contributed by atoms with van der Waals surface area (Å²) in [6.45, 7) is 11.1. The highest BCUT2D eigenvalue weighted by Gasteiger charge is 2.17. The summed E-state index contributed by atoms with van der Waals surface area (Å²) in [4.78, 5) is 0. The van der Waals surface area contributed by atoms with Gasteiger partial charge in [-0.05, 0) is 54.4 Å². The number of nitrogens with zero attached hydrogens (tertiary/aromatic N) is 1. The predicted octanol–water partition coefficient (Wildman–Crippen LogP) is 4.50. The molecule has 0 atom stereocenters. The molecular weight excluding hydrogens is 214 g/mol. The van der Waals surface area contributed by atoms with Crippen molar-refractivity contribution in [3.05, 3.63) is 29.0 Å². The normalized spacial score (nSPS) is 12.3. The van der Waals surface area contributed by atoms with Crippen molar-refractivity contribution < 1.29 is 0 Å². The maximum Gasteiger partial charge on any atom is 0.0628 e. The second kappa shape index (κ2) is 3.85. The van der Waals surface area contributed by atoms with Crippen LogP contribution in [0.15, 0.2) is 12.1 Å². The number of rotatable bonds is 1. The Morgan fingerprint density at radius 1 is 1.19 bits per heavy atom. The fourth-order valence-corrected chi connectivity index (χ4v) is 3.12. The average Bonchev–Trinajstić information content (AvgIpc) is 2.44. The molecule has 2 aromatic rings. The first-order valence-corrected chi connectivity index (χ1v) is 6.50. The summed E-state index contributed by atoms with van der Waals surface area (Å²) in [5.74, 6) is 0. The van der Waals surface area contributed by atoms with E-state index in [-0.39, 0.29) is 0 Å². The second-order valence-corrected chi connectivity index (χ2v) is 6.63. The Morgan fingerprint density at radius 2 is 1.88 bits per heavy atom. The van der Waals surface area contributed by atoms with Crippen LogP contribution in [0.5, 0.6) is 0 Å². The molecule has 0 aliphatic carbocycles. The van der Waals surface area contributed by atoms with E-state index in [1.54, 1.807) is 11.5 Å². The molecule has 0 radical (unpaired) electrons. The zero-order valence-corrected chi connectivity index (χ0v) is 11.5. The van der Waals surface area contributed by atoms with Gasteiger partial charge < -0.3 is 0 Å². The Labute approximate surface area is 102 Å². The van der Waals surface area contributed by atoms with Crippen molar-refractivity contribution in [3.8, 4) is 0 Å². The van der Waals surface area contributed by atoms with Crippen molar-refractivity contribution in [1.82, 2.24) is 4.37 Å². The van der Waals surface area contributed by atoms with E-state index in [1.165, 1.54) is 26.9 Å². The third-order valence-corrected chi connectivity index (χ3v) is 3.51. The molecule has 0 saturated heterocycles. The minimum absolute atomic E-state index is 0.304. The van der Waals surface area contributed by atoms with Gasteiger partial charge in [0.1, 0.15) is 0 Å². The van der Waals surface area contributed by atoms with Gasteiger partial charge in [0.25, 0.3) is 0 Å². The van der Waals surface area contributed by atoms with Crippen LogP contribution < -0.4 is 0 Å². The molecule has 0 saturated carbocycles. The van der Waals surface area contributed by atoms with E-state index in [9.17, 15) is 0 Å². The zero-order valence-electron chi connectivity index (χ0n) is 10.7. The predicted molar refractivity (Wildman–Crippen MR) is 72.3 cm³/mol. The van der Waals surface area contributed by atoms with Gasteiger partial charge in [-0.15, -0.1) is 0 Å². The molecule has 0 amide bonds. The molecule has 0 unspecified atom stereocenters. The summed E-state index contributed by atoms with van der Waals surface area (Å²) in [5.41, 5.74) is 4.27. The van der Waals surface area contributed by atoms with E-state index in [1.807, 2.05) is 0 Å². The molecule has 1 nitrogen and oxygen atoms in total. The van der Waals surface area contributed by atoms with Crippen molar-refractivity contribution in [2.24, 2.45) is 5.41 Å². The molecule has 2 heteroatoms. The van der Waals surface area contributed by atoms with E-state index in [0.717, 1.165) is 6.42 Å². The van der Waals surface area contributed by atoms with Crippen LogP contribution in [0.3, 0.4) is 0 Å². The van der Waals surface area contributed by atoms with Gasteiger partial charge in [-0.2, -0.15) is 4.37 Å². The van der Waals surface area contributed by atoms with Crippen molar-refractivity contribution in [1.29, 1.82) is 0 Å². The number of hydrogen-bond donors (Lipinski definition) is 0. The summed E-state index contributed by atoms with van der Waals surface area (Å²) >= 11 is 1.63. The lowest BCUT2D eigenvalue weighted by molar-refractivity contribution is 0.409. The van der Waals surface area contributed by atoms with Crippen LogP contribution in [-0.2, 0) is 6.42 Å². The molecule has 86 valence electrons. The minimum Gasteiger partial charge on any atom is -0.196 e. The molecule has 1 heterocycles. The fraction of sp³-hybridized carbons (Fsp3) is 0.500. The highest BCUT2D eigenvalue weighted by Crippen LogP contribution is 2.31. The van der Waals surface area contributed by atoms with Crippen LogP contribution in [0.4, 0.5) is 0 Å². The molecule has 0 fully saturated rings. The van der Waals surface area contributed by atoms with Gasteiger partial charge in [-0.25, -0.2) is 0 Å². The minimum atomic E-state index is 0.304. The number of hydrogen-bond acceptors (Lipinski definition) is 2. The number of aromatic nitrogens is 1. The lowest BCUT2D eigenvalue weighted by Crippen LogP contribution is -2.09. The topological polar surface area (TPSA) is 12.9 Å². The van der Waals surface area contributed by atoms with Crippen LogP contribution in [-0.4, -0.2) is 4.37 Å². The van der Waals surface area contributed by atoms with Gasteiger partial charge in [-0.3, -0.25) is 0 Å². The molecule has 1 aromatic heterocycles. The molecule has 0 aliphatic rings. The molecule has 0 bridgehead atoms. The standard InChI is InChI=1S/C14H19NS/c1-9-6-10(2)13-11(8-14(3,4)5)15-16-12(13)7-9/h6-7H,8H2,1-5H3. The highest BCUT2D eigenvalue weighted by atomic mass is 32.1. The Morgan fingerprint density at radius 3 is 2.50 bits per heavy atom. The summed E-state index contributed by atoms with van der Waals surface area (Å²) in [6.07, 6.45) is 1.05. The first-order chi connectivity index (χ1) is 7.37. The van der Waals surface area contributed by atoms with E-state index in [4.69, 9.17) is 0 Å². The van der Waals surface area contributed by atoms with Gasteiger partial charge in [0.2, 0.25) is 0 Å². The van der Waals surface area contributed by atoms with Crippen LogP contribution in [0.1, 0.15) is 37.6 Å². The van der Waals surface area contributed by atoms with E-state index in [2.05, 4.69) is 51.1 Å². The SMILES string of the molecule is Cc1cc(C)c2c(CC(C)(C)C)nsc2c1. The van der Waals surface area contributed by atoms with Crippen molar-refractivity contribution in [2.75, 3.05) is 0 Å². The monoisotopic (exact) mass is 233 g/mol. The zero-order chi connectivity index (χ0) is 11.9. The first-order valence-electron chi connectivity index (χ1n) is 5.72. The van der Waals surface area contributed by atoms with Gasteiger partial charge in [0, 0.05) is 5.39 Å². The van der Waals surface area contributed by atoms with Crippen LogP contribution in [0.25, 0.3) is 10.1 Å².